The first-order valence-electron chi connectivity index (χ1n) is 7.04. The molecule has 3 heteroatoms. The SMILES string of the molecule is CC1CN(CC2CCNCC2)c2ccccc2O1. The van der Waals surface area contributed by atoms with Crippen LogP contribution in [-0.4, -0.2) is 32.3 Å². The fourth-order valence-corrected chi connectivity index (χ4v) is 3.03. The molecule has 3 nitrogen and oxygen atoms in total. The van der Waals surface area contributed by atoms with E-state index in [4.69, 9.17) is 4.74 Å². The Morgan fingerprint density at radius 3 is 2.89 bits per heavy atom. The number of ether oxygens (including phenoxy) is 1. The van der Waals surface area contributed by atoms with E-state index >= 15 is 0 Å². The standard InChI is InChI=1S/C15H22N2O/c1-12-10-17(11-13-6-8-16-9-7-13)14-4-2-3-5-15(14)18-12/h2-5,12-13,16H,6-11H2,1H3. The Labute approximate surface area is 109 Å². The van der Waals surface area contributed by atoms with E-state index in [1.54, 1.807) is 0 Å². The van der Waals surface area contributed by atoms with E-state index < -0.39 is 0 Å². The Bertz CT molecular complexity index is 401. The minimum atomic E-state index is 0.293. The number of fused-ring (bicyclic) bond motifs is 1. The minimum absolute atomic E-state index is 0.293. The van der Waals surface area contributed by atoms with E-state index in [2.05, 4.69) is 41.4 Å². The molecule has 1 unspecified atom stereocenters. The van der Waals surface area contributed by atoms with Crippen molar-refractivity contribution >= 4 is 5.69 Å². The van der Waals surface area contributed by atoms with Crippen molar-refractivity contribution in [3.63, 3.8) is 0 Å². The topological polar surface area (TPSA) is 24.5 Å². The number of piperidine rings is 1. The van der Waals surface area contributed by atoms with E-state index in [0.717, 1.165) is 18.2 Å². The summed E-state index contributed by atoms with van der Waals surface area (Å²) in [6.45, 7) is 6.69. The lowest BCUT2D eigenvalue weighted by Crippen LogP contribution is -2.43. The van der Waals surface area contributed by atoms with E-state index in [9.17, 15) is 0 Å². The Kier molecular flexibility index (Phi) is 3.41. The highest BCUT2D eigenvalue weighted by Gasteiger charge is 2.25. The van der Waals surface area contributed by atoms with Gasteiger partial charge in [0.2, 0.25) is 0 Å². The molecule has 1 N–H and O–H groups in total. The summed E-state index contributed by atoms with van der Waals surface area (Å²) in [6, 6.07) is 8.43. The Morgan fingerprint density at radius 2 is 2.06 bits per heavy atom. The van der Waals surface area contributed by atoms with Crippen LogP contribution in [-0.2, 0) is 0 Å². The Morgan fingerprint density at radius 1 is 1.28 bits per heavy atom. The maximum atomic E-state index is 5.90. The van der Waals surface area contributed by atoms with Crippen LogP contribution in [0.15, 0.2) is 24.3 Å². The maximum absolute atomic E-state index is 5.90. The van der Waals surface area contributed by atoms with Crippen molar-refractivity contribution in [1.82, 2.24) is 5.32 Å². The van der Waals surface area contributed by atoms with Crippen molar-refractivity contribution in [3.8, 4) is 5.75 Å². The summed E-state index contributed by atoms with van der Waals surface area (Å²) in [4.78, 5) is 2.51. The van der Waals surface area contributed by atoms with Gasteiger partial charge in [-0.3, -0.25) is 0 Å². The van der Waals surface area contributed by atoms with Crippen LogP contribution in [0, 0.1) is 5.92 Å². The van der Waals surface area contributed by atoms with Gasteiger partial charge in [-0.05, 0) is 50.9 Å². The van der Waals surface area contributed by atoms with Gasteiger partial charge in [0.15, 0.2) is 0 Å². The van der Waals surface area contributed by atoms with Crippen LogP contribution in [0.2, 0.25) is 0 Å². The Hall–Kier alpha value is -1.22. The van der Waals surface area contributed by atoms with Gasteiger partial charge >= 0.3 is 0 Å². The molecular formula is C15H22N2O. The first-order chi connectivity index (χ1) is 8.83. The molecule has 1 atom stereocenters. The predicted molar refractivity (Wildman–Crippen MR) is 74.3 cm³/mol. The maximum Gasteiger partial charge on any atom is 0.143 e. The fourth-order valence-electron chi connectivity index (χ4n) is 3.03. The third-order valence-corrected chi connectivity index (χ3v) is 3.95. The minimum Gasteiger partial charge on any atom is -0.487 e. The van der Waals surface area contributed by atoms with Gasteiger partial charge in [-0.2, -0.15) is 0 Å². The number of anilines is 1. The lowest BCUT2D eigenvalue weighted by molar-refractivity contribution is 0.208. The summed E-state index contributed by atoms with van der Waals surface area (Å²) in [6.07, 6.45) is 2.89. The average molecular weight is 246 g/mol. The van der Waals surface area contributed by atoms with Crippen LogP contribution in [0.5, 0.6) is 5.75 Å². The molecule has 0 aromatic heterocycles. The molecule has 0 radical (unpaired) electrons. The lowest BCUT2D eigenvalue weighted by Gasteiger charge is -2.38. The second-order valence-electron chi connectivity index (χ2n) is 5.49. The van der Waals surface area contributed by atoms with Gasteiger partial charge in [-0.25, -0.2) is 0 Å². The number of rotatable bonds is 2. The monoisotopic (exact) mass is 246 g/mol. The number of para-hydroxylation sites is 2. The molecule has 0 amide bonds. The highest BCUT2D eigenvalue weighted by Crippen LogP contribution is 2.34. The van der Waals surface area contributed by atoms with Gasteiger partial charge < -0.3 is 15.0 Å². The van der Waals surface area contributed by atoms with Crippen LogP contribution >= 0.6 is 0 Å². The molecule has 0 saturated carbocycles. The van der Waals surface area contributed by atoms with Crippen LogP contribution in [0.25, 0.3) is 0 Å². The smallest absolute Gasteiger partial charge is 0.143 e. The molecule has 18 heavy (non-hydrogen) atoms. The summed E-state index contributed by atoms with van der Waals surface area (Å²) in [7, 11) is 0. The van der Waals surface area contributed by atoms with Crippen LogP contribution in [0.3, 0.4) is 0 Å². The predicted octanol–water partition coefficient (Wildman–Crippen LogP) is 2.27. The van der Waals surface area contributed by atoms with Crippen LogP contribution in [0.4, 0.5) is 5.69 Å². The van der Waals surface area contributed by atoms with Crippen molar-refractivity contribution in [3.05, 3.63) is 24.3 Å². The summed E-state index contributed by atoms with van der Waals surface area (Å²) in [5, 5.41) is 3.44. The third-order valence-electron chi connectivity index (χ3n) is 3.95. The van der Waals surface area contributed by atoms with Gasteiger partial charge in [-0.1, -0.05) is 12.1 Å². The number of benzene rings is 1. The molecule has 0 bridgehead atoms. The number of nitrogens with zero attached hydrogens (tertiary/aromatic N) is 1. The summed E-state index contributed by atoms with van der Waals surface area (Å²) in [5.41, 5.74) is 1.27. The molecule has 1 saturated heterocycles. The van der Waals surface area contributed by atoms with Gasteiger partial charge in [0.25, 0.3) is 0 Å². The van der Waals surface area contributed by atoms with Gasteiger partial charge in [0.1, 0.15) is 11.9 Å². The average Bonchev–Trinajstić information content (AvgIpc) is 2.40. The molecule has 1 aromatic rings. The van der Waals surface area contributed by atoms with E-state index in [1.165, 1.54) is 38.2 Å². The first-order valence-corrected chi connectivity index (χ1v) is 7.04. The van der Waals surface area contributed by atoms with Crippen LogP contribution in [0.1, 0.15) is 19.8 Å². The van der Waals surface area contributed by atoms with E-state index in [1.807, 2.05) is 0 Å². The fraction of sp³-hybridized carbons (Fsp3) is 0.600. The molecule has 1 aromatic carbocycles. The molecule has 98 valence electrons. The van der Waals surface area contributed by atoms with Crippen LogP contribution < -0.4 is 15.0 Å². The zero-order valence-corrected chi connectivity index (χ0v) is 11.1. The zero-order valence-electron chi connectivity index (χ0n) is 11.1. The van der Waals surface area contributed by atoms with Gasteiger partial charge in [0.05, 0.1) is 12.2 Å². The van der Waals surface area contributed by atoms with E-state index in [-0.39, 0.29) is 0 Å². The van der Waals surface area contributed by atoms with Gasteiger partial charge in [-0.15, -0.1) is 0 Å². The number of nitrogens with one attached hydrogen (secondary N) is 1. The molecule has 0 spiro atoms. The van der Waals surface area contributed by atoms with Crippen molar-refractivity contribution in [2.24, 2.45) is 5.92 Å². The summed E-state index contributed by atoms with van der Waals surface area (Å²) in [5.74, 6) is 1.87. The third kappa shape index (κ3) is 2.46. The highest BCUT2D eigenvalue weighted by atomic mass is 16.5. The summed E-state index contributed by atoms with van der Waals surface area (Å²) >= 11 is 0. The number of hydrogen-bond donors (Lipinski definition) is 1. The second-order valence-corrected chi connectivity index (χ2v) is 5.49. The first kappa shape index (κ1) is 11.8. The number of hydrogen-bond acceptors (Lipinski definition) is 3. The molecule has 2 heterocycles. The molecule has 1 fully saturated rings. The Balaban J connectivity index is 1.75. The van der Waals surface area contributed by atoms with Gasteiger partial charge in [0, 0.05) is 6.54 Å². The van der Waals surface area contributed by atoms with Crippen molar-refractivity contribution in [2.45, 2.75) is 25.9 Å². The molecule has 2 aliphatic rings. The van der Waals surface area contributed by atoms with E-state index in [0.29, 0.717) is 6.10 Å². The molecule has 2 aliphatic heterocycles. The highest BCUT2D eigenvalue weighted by molar-refractivity contribution is 5.60. The summed E-state index contributed by atoms with van der Waals surface area (Å²) < 4.78 is 5.90. The lowest BCUT2D eigenvalue weighted by atomic mass is 9.97. The quantitative estimate of drug-likeness (QED) is 0.866. The molecule has 0 aliphatic carbocycles. The largest absolute Gasteiger partial charge is 0.487 e. The van der Waals surface area contributed by atoms with Crippen molar-refractivity contribution < 1.29 is 4.74 Å². The van der Waals surface area contributed by atoms with Crippen molar-refractivity contribution in [1.29, 1.82) is 0 Å². The molecule has 3 rings (SSSR count). The second kappa shape index (κ2) is 5.19. The van der Waals surface area contributed by atoms with Crippen molar-refractivity contribution in [2.75, 3.05) is 31.1 Å². The molecular weight excluding hydrogens is 224 g/mol. The zero-order chi connectivity index (χ0) is 12.4. The normalized spacial score (nSPS) is 24.5.